The van der Waals surface area contributed by atoms with Crippen LogP contribution in [0.1, 0.15) is 25.3 Å². The first kappa shape index (κ1) is 12.5. The molecule has 3 rings (SSSR count). The van der Waals surface area contributed by atoms with Crippen LogP contribution in [0.2, 0.25) is 0 Å². The maximum Gasteiger partial charge on any atom is 0.259 e. The van der Waals surface area contributed by atoms with Crippen LogP contribution in [-0.2, 0) is 0 Å². The van der Waals surface area contributed by atoms with E-state index in [9.17, 15) is 4.79 Å². The van der Waals surface area contributed by atoms with E-state index in [1.807, 2.05) is 36.4 Å². The molecular formula is C16H15N3O. The summed E-state index contributed by atoms with van der Waals surface area (Å²) in [5.41, 5.74) is 2.37. The lowest BCUT2D eigenvalue weighted by Gasteiger charge is -2.07. The highest BCUT2D eigenvalue weighted by atomic mass is 16.1. The van der Waals surface area contributed by atoms with Gasteiger partial charge in [-0.15, -0.1) is 0 Å². The van der Waals surface area contributed by atoms with E-state index in [-0.39, 0.29) is 5.56 Å². The number of hydrogen-bond donors (Lipinski definition) is 1. The van der Waals surface area contributed by atoms with Crippen LogP contribution in [0.15, 0.2) is 47.4 Å². The molecular weight excluding hydrogens is 250 g/mol. The molecule has 0 fully saturated rings. The van der Waals surface area contributed by atoms with Gasteiger partial charge in [-0.1, -0.05) is 26.0 Å². The van der Waals surface area contributed by atoms with Crippen LogP contribution in [-0.4, -0.2) is 15.0 Å². The van der Waals surface area contributed by atoms with Crippen LogP contribution in [0, 0.1) is 0 Å². The van der Waals surface area contributed by atoms with Gasteiger partial charge in [-0.05, 0) is 35.7 Å². The highest BCUT2D eigenvalue weighted by Crippen LogP contribution is 2.19. The third kappa shape index (κ3) is 2.20. The van der Waals surface area contributed by atoms with Crippen LogP contribution < -0.4 is 5.56 Å². The molecule has 0 atom stereocenters. The normalized spacial score (nSPS) is 11.2. The van der Waals surface area contributed by atoms with Crippen molar-refractivity contribution in [2.24, 2.45) is 0 Å². The lowest BCUT2D eigenvalue weighted by molar-refractivity contribution is 0.868. The van der Waals surface area contributed by atoms with Gasteiger partial charge in [-0.3, -0.25) is 9.78 Å². The van der Waals surface area contributed by atoms with Crippen molar-refractivity contribution in [2.45, 2.75) is 19.8 Å². The van der Waals surface area contributed by atoms with E-state index in [1.165, 1.54) is 0 Å². The van der Waals surface area contributed by atoms with E-state index in [2.05, 4.69) is 28.8 Å². The van der Waals surface area contributed by atoms with Gasteiger partial charge in [0.2, 0.25) is 0 Å². The number of aromatic amines is 1. The van der Waals surface area contributed by atoms with E-state index >= 15 is 0 Å². The summed E-state index contributed by atoms with van der Waals surface area (Å²) in [6.45, 7) is 4.20. The van der Waals surface area contributed by atoms with Crippen LogP contribution in [0.5, 0.6) is 0 Å². The second-order valence-corrected chi connectivity index (χ2v) is 5.06. The Morgan fingerprint density at radius 1 is 1.15 bits per heavy atom. The van der Waals surface area contributed by atoms with Crippen molar-refractivity contribution in [2.75, 3.05) is 0 Å². The average molecular weight is 265 g/mol. The minimum Gasteiger partial charge on any atom is -0.305 e. The average Bonchev–Trinajstić information content (AvgIpc) is 2.47. The molecule has 0 radical (unpaired) electrons. The van der Waals surface area contributed by atoms with E-state index in [1.54, 1.807) is 6.20 Å². The monoisotopic (exact) mass is 265 g/mol. The van der Waals surface area contributed by atoms with Gasteiger partial charge >= 0.3 is 0 Å². The van der Waals surface area contributed by atoms with Gasteiger partial charge in [0.1, 0.15) is 5.69 Å². The Bertz CT molecular complexity index is 807. The lowest BCUT2D eigenvalue weighted by atomic mass is 10.0. The summed E-state index contributed by atoms with van der Waals surface area (Å²) in [5.74, 6) is 0.884. The summed E-state index contributed by atoms with van der Waals surface area (Å²) in [4.78, 5) is 23.7. The second kappa shape index (κ2) is 4.89. The van der Waals surface area contributed by atoms with Crippen LogP contribution in [0.3, 0.4) is 0 Å². The maximum atomic E-state index is 12.2. The number of rotatable bonds is 2. The molecule has 0 spiro atoms. The molecule has 4 nitrogen and oxygen atoms in total. The smallest absolute Gasteiger partial charge is 0.259 e. The molecule has 0 aliphatic carbocycles. The molecule has 2 heterocycles. The van der Waals surface area contributed by atoms with Gasteiger partial charge in [0.25, 0.3) is 5.56 Å². The van der Waals surface area contributed by atoms with Crippen molar-refractivity contribution in [1.29, 1.82) is 0 Å². The van der Waals surface area contributed by atoms with Gasteiger partial charge in [0, 0.05) is 6.20 Å². The molecule has 0 aliphatic rings. The number of hydrogen-bond acceptors (Lipinski definition) is 3. The summed E-state index contributed by atoms with van der Waals surface area (Å²) in [6, 6.07) is 11.3. The fourth-order valence-electron chi connectivity index (χ4n) is 2.14. The molecule has 0 bridgehead atoms. The maximum absolute atomic E-state index is 12.2. The molecule has 3 aromatic rings. The number of nitrogens with zero attached hydrogens (tertiary/aromatic N) is 2. The second-order valence-electron chi connectivity index (χ2n) is 5.06. The van der Waals surface area contributed by atoms with Gasteiger partial charge < -0.3 is 4.98 Å². The summed E-state index contributed by atoms with van der Waals surface area (Å²) in [5, 5.41) is 0.621. The Morgan fingerprint density at radius 2 is 2.00 bits per heavy atom. The van der Waals surface area contributed by atoms with Crippen molar-refractivity contribution in [3.63, 3.8) is 0 Å². The topological polar surface area (TPSA) is 58.6 Å². The zero-order valence-corrected chi connectivity index (χ0v) is 11.4. The molecule has 100 valence electrons. The number of benzene rings is 1. The zero-order chi connectivity index (χ0) is 14.1. The van der Waals surface area contributed by atoms with Crippen molar-refractivity contribution in [3.8, 4) is 11.5 Å². The first-order chi connectivity index (χ1) is 9.65. The molecule has 0 unspecified atom stereocenters. The van der Waals surface area contributed by atoms with E-state index in [4.69, 9.17) is 0 Å². The number of fused-ring (bicyclic) bond motifs is 1. The Hall–Kier alpha value is -2.49. The lowest BCUT2D eigenvalue weighted by Crippen LogP contribution is -2.10. The molecule has 2 aromatic heterocycles. The molecule has 0 saturated heterocycles. The minimum absolute atomic E-state index is 0.127. The summed E-state index contributed by atoms with van der Waals surface area (Å²) >= 11 is 0. The molecule has 0 saturated carbocycles. The number of H-pyrrole nitrogens is 1. The molecule has 0 aliphatic heterocycles. The zero-order valence-electron chi connectivity index (χ0n) is 11.4. The van der Waals surface area contributed by atoms with E-state index in [0.717, 1.165) is 5.56 Å². The summed E-state index contributed by atoms with van der Waals surface area (Å²) in [7, 11) is 0. The quantitative estimate of drug-likeness (QED) is 0.774. The Balaban J connectivity index is 2.21. The number of pyridine rings is 1. The van der Waals surface area contributed by atoms with Crippen molar-refractivity contribution in [3.05, 3.63) is 58.5 Å². The van der Waals surface area contributed by atoms with E-state index in [0.29, 0.717) is 28.3 Å². The van der Waals surface area contributed by atoms with Crippen molar-refractivity contribution in [1.82, 2.24) is 15.0 Å². The predicted octanol–water partition coefficient (Wildman–Crippen LogP) is 3.11. The summed E-state index contributed by atoms with van der Waals surface area (Å²) < 4.78 is 0. The highest BCUT2D eigenvalue weighted by molar-refractivity contribution is 5.80. The fraction of sp³-hybridized carbons (Fsp3) is 0.188. The SMILES string of the molecule is CC(C)c1ccc2nc(-c3ccccn3)[nH]c(=O)c2c1. The van der Waals surface area contributed by atoms with Crippen molar-refractivity contribution < 1.29 is 0 Å². The first-order valence-electron chi connectivity index (χ1n) is 6.60. The van der Waals surface area contributed by atoms with Crippen LogP contribution >= 0.6 is 0 Å². The molecule has 1 N–H and O–H groups in total. The Morgan fingerprint density at radius 3 is 2.70 bits per heavy atom. The van der Waals surface area contributed by atoms with E-state index < -0.39 is 0 Å². The van der Waals surface area contributed by atoms with Gasteiger partial charge in [0.15, 0.2) is 5.82 Å². The van der Waals surface area contributed by atoms with Gasteiger partial charge in [-0.2, -0.15) is 0 Å². The molecule has 4 heteroatoms. The fourth-order valence-corrected chi connectivity index (χ4v) is 2.14. The Kier molecular flexibility index (Phi) is 3.06. The van der Waals surface area contributed by atoms with Gasteiger partial charge in [0.05, 0.1) is 10.9 Å². The first-order valence-corrected chi connectivity index (χ1v) is 6.60. The predicted molar refractivity (Wildman–Crippen MR) is 79.7 cm³/mol. The minimum atomic E-state index is -0.127. The van der Waals surface area contributed by atoms with Crippen LogP contribution in [0.4, 0.5) is 0 Å². The largest absolute Gasteiger partial charge is 0.305 e. The van der Waals surface area contributed by atoms with Crippen LogP contribution in [0.25, 0.3) is 22.4 Å². The van der Waals surface area contributed by atoms with Gasteiger partial charge in [-0.25, -0.2) is 4.98 Å². The third-order valence-electron chi connectivity index (χ3n) is 3.30. The van der Waals surface area contributed by atoms with Crippen molar-refractivity contribution >= 4 is 10.9 Å². The number of aromatic nitrogens is 3. The summed E-state index contributed by atoms with van der Waals surface area (Å²) in [6.07, 6.45) is 1.68. The standard InChI is InChI=1S/C16H15N3O/c1-10(2)11-6-7-13-12(9-11)16(20)19-15(18-13)14-5-3-4-8-17-14/h3-10H,1-2H3,(H,18,19,20). The Labute approximate surface area is 116 Å². The number of nitrogens with one attached hydrogen (secondary N) is 1. The molecule has 20 heavy (non-hydrogen) atoms. The third-order valence-corrected chi connectivity index (χ3v) is 3.30. The highest BCUT2D eigenvalue weighted by Gasteiger charge is 2.08. The molecule has 0 amide bonds. The molecule has 1 aromatic carbocycles.